The number of benzene rings is 1. The maximum Gasteiger partial charge on any atom is 0.273 e. The zero-order valence-electron chi connectivity index (χ0n) is 11.2. The molecule has 3 aromatic rings. The summed E-state index contributed by atoms with van der Waals surface area (Å²) in [6.45, 7) is 0.408. The number of carbonyl (C=O) groups excluding carboxylic acids is 1. The van der Waals surface area contributed by atoms with Crippen molar-refractivity contribution in [2.24, 2.45) is 0 Å². The summed E-state index contributed by atoms with van der Waals surface area (Å²) >= 11 is 0. The van der Waals surface area contributed by atoms with Crippen LogP contribution in [0.5, 0.6) is 0 Å². The molecule has 0 aliphatic carbocycles. The van der Waals surface area contributed by atoms with E-state index in [0.29, 0.717) is 6.54 Å². The van der Waals surface area contributed by atoms with Gasteiger partial charge >= 0.3 is 0 Å². The van der Waals surface area contributed by atoms with Crippen molar-refractivity contribution in [3.8, 4) is 5.69 Å². The SMILES string of the molecule is O=C(NCc1cccnc1)c1cnn(-c2ccccc2)n1. The highest BCUT2D eigenvalue weighted by Gasteiger charge is 2.10. The number of carbonyl (C=O) groups is 1. The predicted molar refractivity (Wildman–Crippen MR) is 76.8 cm³/mol. The lowest BCUT2D eigenvalue weighted by Gasteiger charge is -2.02. The number of rotatable bonds is 4. The lowest BCUT2D eigenvalue weighted by Crippen LogP contribution is -2.23. The lowest BCUT2D eigenvalue weighted by atomic mass is 10.3. The summed E-state index contributed by atoms with van der Waals surface area (Å²) in [6, 6.07) is 13.2. The second-order valence-electron chi connectivity index (χ2n) is 4.40. The number of hydrogen-bond donors (Lipinski definition) is 1. The van der Waals surface area contributed by atoms with E-state index < -0.39 is 0 Å². The van der Waals surface area contributed by atoms with Gasteiger partial charge in [-0.15, -0.1) is 5.10 Å². The van der Waals surface area contributed by atoms with Gasteiger partial charge in [-0.3, -0.25) is 9.78 Å². The Morgan fingerprint density at radius 3 is 2.71 bits per heavy atom. The first-order valence-corrected chi connectivity index (χ1v) is 6.48. The van der Waals surface area contributed by atoms with Crippen LogP contribution in [-0.4, -0.2) is 25.9 Å². The molecular formula is C15H13N5O. The number of amides is 1. The summed E-state index contributed by atoms with van der Waals surface area (Å²) in [6.07, 6.45) is 4.85. The van der Waals surface area contributed by atoms with Gasteiger partial charge in [-0.25, -0.2) is 0 Å². The van der Waals surface area contributed by atoms with Crippen molar-refractivity contribution in [1.82, 2.24) is 25.3 Å². The maximum atomic E-state index is 12.0. The molecule has 6 heteroatoms. The highest BCUT2D eigenvalue weighted by atomic mass is 16.2. The van der Waals surface area contributed by atoms with Gasteiger partial charge < -0.3 is 5.32 Å². The minimum absolute atomic E-state index is 0.263. The monoisotopic (exact) mass is 279 g/mol. The minimum atomic E-state index is -0.263. The number of nitrogens with one attached hydrogen (secondary N) is 1. The Morgan fingerprint density at radius 2 is 1.95 bits per heavy atom. The van der Waals surface area contributed by atoms with Crippen molar-refractivity contribution in [3.05, 3.63) is 72.3 Å². The third kappa shape index (κ3) is 3.11. The zero-order valence-corrected chi connectivity index (χ0v) is 11.2. The second-order valence-corrected chi connectivity index (χ2v) is 4.40. The Labute approximate surface area is 121 Å². The van der Waals surface area contributed by atoms with Crippen LogP contribution in [0.15, 0.2) is 61.1 Å². The number of nitrogens with zero attached hydrogens (tertiary/aromatic N) is 4. The Hall–Kier alpha value is -3.02. The van der Waals surface area contributed by atoms with Crippen molar-refractivity contribution < 1.29 is 4.79 Å². The van der Waals surface area contributed by atoms with E-state index in [-0.39, 0.29) is 11.6 Å². The largest absolute Gasteiger partial charge is 0.346 e. The molecule has 0 unspecified atom stereocenters. The molecule has 21 heavy (non-hydrogen) atoms. The Balaban J connectivity index is 1.67. The summed E-state index contributed by atoms with van der Waals surface area (Å²) in [5.74, 6) is -0.263. The summed E-state index contributed by atoms with van der Waals surface area (Å²) in [5, 5.41) is 11.1. The van der Waals surface area contributed by atoms with Gasteiger partial charge in [-0.1, -0.05) is 24.3 Å². The van der Waals surface area contributed by atoms with Crippen molar-refractivity contribution in [2.75, 3.05) is 0 Å². The van der Waals surface area contributed by atoms with Gasteiger partial charge in [0.25, 0.3) is 5.91 Å². The second kappa shape index (κ2) is 5.96. The minimum Gasteiger partial charge on any atom is -0.346 e. The molecule has 0 bridgehead atoms. The molecule has 0 fully saturated rings. The molecule has 1 N–H and O–H groups in total. The Morgan fingerprint density at radius 1 is 1.10 bits per heavy atom. The molecule has 1 aromatic carbocycles. The molecular weight excluding hydrogens is 266 g/mol. The molecule has 0 aliphatic rings. The summed E-state index contributed by atoms with van der Waals surface area (Å²) < 4.78 is 0. The van der Waals surface area contributed by atoms with E-state index in [9.17, 15) is 4.79 Å². The van der Waals surface area contributed by atoms with Gasteiger partial charge in [-0.05, 0) is 23.8 Å². The summed E-state index contributed by atoms with van der Waals surface area (Å²) in [4.78, 5) is 17.4. The molecule has 0 spiro atoms. The van der Waals surface area contributed by atoms with Crippen LogP contribution in [0.2, 0.25) is 0 Å². The average Bonchev–Trinajstić information content (AvgIpc) is 3.04. The normalized spacial score (nSPS) is 10.3. The van der Waals surface area contributed by atoms with Crippen LogP contribution in [0.4, 0.5) is 0 Å². The number of pyridine rings is 1. The van der Waals surface area contributed by atoms with Crippen LogP contribution in [0.3, 0.4) is 0 Å². The van der Waals surface area contributed by atoms with E-state index in [4.69, 9.17) is 0 Å². The highest BCUT2D eigenvalue weighted by Crippen LogP contribution is 2.04. The maximum absolute atomic E-state index is 12.0. The topological polar surface area (TPSA) is 72.7 Å². The molecule has 0 aliphatic heterocycles. The molecule has 1 amide bonds. The van der Waals surface area contributed by atoms with Gasteiger partial charge in [0.1, 0.15) is 0 Å². The standard InChI is InChI=1S/C15H13N5O/c21-15(17-10-12-5-4-8-16-9-12)14-11-18-20(19-14)13-6-2-1-3-7-13/h1-9,11H,10H2,(H,17,21). The molecule has 0 saturated carbocycles. The van der Waals surface area contributed by atoms with Gasteiger partial charge in [0.05, 0.1) is 11.9 Å². The smallest absolute Gasteiger partial charge is 0.273 e. The lowest BCUT2D eigenvalue weighted by molar-refractivity contribution is 0.0945. The first-order valence-electron chi connectivity index (χ1n) is 6.48. The highest BCUT2D eigenvalue weighted by molar-refractivity contribution is 5.91. The van der Waals surface area contributed by atoms with Crippen molar-refractivity contribution >= 4 is 5.91 Å². The average molecular weight is 279 g/mol. The van der Waals surface area contributed by atoms with Gasteiger partial charge in [0.2, 0.25) is 0 Å². The van der Waals surface area contributed by atoms with Gasteiger partial charge in [0, 0.05) is 18.9 Å². The number of aromatic nitrogens is 4. The number of para-hydroxylation sites is 1. The summed E-state index contributed by atoms with van der Waals surface area (Å²) in [7, 11) is 0. The van der Waals surface area contributed by atoms with Crippen LogP contribution in [0.25, 0.3) is 5.69 Å². The fraction of sp³-hybridized carbons (Fsp3) is 0.0667. The van der Waals surface area contributed by atoms with Crippen LogP contribution in [-0.2, 0) is 6.54 Å². The summed E-state index contributed by atoms with van der Waals surface area (Å²) in [5.41, 5.74) is 2.02. The first kappa shape index (κ1) is 13.0. The third-order valence-electron chi connectivity index (χ3n) is 2.89. The predicted octanol–water partition coefficient (Wildman–Crippen LogP) is 1.59. The first-order chi connectivity index (χ1) is 10.3. The van der Waals surface area contributed by atoms with E-state index in [2.05, 4.69) is 20.5 Å². The molecule has 2 heterocycles. The molecule has 0 radical (unpaired) electrons. The van der Waals surface area contributed by atoms with Crippen molar-refractivity contribution in [1.29, 1.82) is 0 Å². The van der Waals surface area contributed by atoms with E-state index in [0.717, 1.165) is 11.3 Å². The van der Waals surface area contributed by atoms with E-state index in [1.54, 1.807) is 12.4 Å². The fourth-order valence-corrected chi connectivity index (χ4v) is 1.83. The fourth-order valence-electron chi connectivity index (χ4n) is 1.83. The molecule has 3 rings (SSSR count). The quantitative estimate of drug-likeness (QED) is 0.787. The molecule has 0 atom stereocenters. The molecule has 104 valence electrons. The van der Waals surface area contributed by atoms with E-state index in [1.165, 1.54) is 11.0 Å². The Bertz CT molecular complexity index is 724. The van der Waals surface area contributed by atoms with Crippen LogP contribution >= 0.6 is 0 Å². The van der Waals surface area contributed by atoms with Crippen LogP contribution < -0.4 is 5.32 Å². The van der Waals surface area contributed by atoms with Crippen LogP contribution in [0.1, 0.15) is 16.1 Å². The van der Waals surface area contributed by atoms with Gasteiger partial charge in [-0.2, -0.15) is 9.90 Å². The van der Waals surface area contributed by atoms with Crippen molar-refractivity contribution in [2.45, 2.75) is 6.54 Å². The molecule has 2 aromatic heterocycles. The Kier molecular flexibility index (Phi) is 3.68. The third-order valence-corrected chi connectivity index (χ3v) is 2.89. The number of hydrogen-bond acceptors (Lipinski definition) is 4. The zero-order chi connectivity index (χ0) is 14.5. The van der Waals surface area contributed by atoms with Gasteiger partial charge in [0.15, 0.2) is 5.69 Å². The molecule has 6 nitrogen and oxygen atoms in total. The van der Waals surface area contributed by atoms with Crippen molar-refractivity contribution in [3.63, 3.8) is 0 Å². The van der Waals surface area contributed by atoms with E-state index in [1.807, 2.05) is 42.5 Å². The van der Waals surface area contributed by atoms with Crippen LogP contribution in [0, 0.1) is 0 Å². The molecule has 0 saturated heterocycles. The van der Waals surface area contributed by atoms with E-state index >= 15 is 0 Å².